The van der Waals surface area contributed by atoms with Crippen LogP contribution in [0.4, 0.5) is 0 Å². The van der Waals surface area contributed by atoms with Gasteiger partial charge in [-0.1, -0.05) is 45.2 Å². The molecule has 4 rings (SSSR count). The number of nitrogens with zero attached hydrogens (tertiary/aromatic N) is 4. The van der Waals surface area contributed by atoms with E-state index in [1.807, 2.05) is 0 Å². The molecule has 2 N–H and O–H groups in total. The van der Waals surface area contributed by atoms with Gasteiger partial charge in [-0.2, -0.15) is 30.8 Å². The summed E-state index contributed by atoms with van der Waals surface area (Å²) in [6.45, 7) is 4.54. The number of aromatic nitrogens is 6. The normalized spacial score (nSPS) is 13.0. The first-order valence-electron chi connectivity index (χ1n) is 9.41. The number of hydrogen-bond donors (Lipinski definition) is 2. The fraction of sp³-hybridized carbons (Fsp3) is 0.400. The Hall–Kier alpha value is -2.76. The number of aromatic amines is 2. The highest BCUT2D eigenvalue weighted by molar-refractivity contribution is 5.76. The van der Waals surface area contributed by atoms with Crippen molar-refractivity contribution in [3.8, 4) is 0 Å². The summed E-state index contributed by atoms with van der Waals surface area (Å²) in [4.78, 5) is 0. The lowest BCUT2D eigenvalue weighted by molar-refractivity contribution is 0.406. The Labute approximate surface area is 152 Å². The Kier molecular flexibility index (Phi) is 4.65. The van der Waals surface area contributed by atoms with Gasteiger partial charge in [0.25, 0.3) is 0 Å². The van der Waals surface area contributed by atoms with E-state index in [1.54, 1.807) is 0 Å². The molecule has 6 heteroatoms. The second-order valence-electron chi connectivity index (χ2n) is 6.93. The summed E-state index contributed by atoms with van der Waals surface area (Å²) in [5, 5.41) is 22.4. The van der Waals surface area contributed by atoms with Crippen LogP contribution in [0.25, 0.3) is 22.1 Å². The molecular weight excluding hydrogens is 324 g/mol. The van der Waals surface area contributed by atoms with Gasteiger partial charge in [-0.25, -0.2) is 0 Å². The smallest absolute Gasteiger partial charge is 0.113 e. The van der Waals surface area contributed by atoms with E-state index in [4.69, 9.17) is 0 Å². The fourth-order valence-electron chi connectivity index (χ4n) is 3.91. The molecule has 1 unspecified atom stereocenters. The molecule has 0 aliphatic rings. The maximum absolute atomic E-state index is 4.28. The van der Waals surface area contributed by atoms with Crippen LogP contribution in [0, 0.1) is 5.92 Å². The third-order valence-corrected chi connectivity index (χ3v) is 5.32. The van der Waals surface area contributed by atoms with Gasteiger partial charge in [-0.15, -0.1) is 0 Å². The molecule has 26 heavy (non-hydrogen) atoms. The molecule has 0 saturated heterocycles. The lowest BCUT2D eigenvalue weighted by atomic mass is 9.77. The van der Waals surface area contributed by atoms with E-state index in [-0.39, 0.29) is 0 Å². The predicted octanol–water partition coefficient (Wildman–Crippen LogP) is 4.58. The lowest BCUT2D eigenvalue weighted by Crippen LogP contribution is -2.14. The summed E-state index contributed by atoms with van der Waals surface area (Å²) in [6.07, 6.45) is 4.81. The van der Waals surface area contributed by atoms with Gasteiger partial charge in [-0.05, 0) is 47.7 Å². The van der Waals surface area contributed by atoms with E-state index in [1.165, 1.54) is 30.4 Å². The van der Waals surface area contributed by atoms with Crippen molar-refractivity contribution in [1.82, 2.24) is 30.8 Å². The van der Waals surface area contributed by atoms with Crippen molar-refractivity contribution in [3.63, 3.8) is 0 Å². The zero-order valence-electron chi connectivity index (χ0n) is 15.2. The average molecular weight is 348 g/mol. The van der Waals surface area contributed by atoms with E-state index < -0.39 is 0 Å². The van der Waals surface area contributed by atoms with Crippen molar-refractivity contribution in [1.29, 1.82) is 0 Å². The van der Waals surface area contributed by atoms with Gasteiger partial charge in [-0.3, -0.25) is 0 Å². The lowest BCUT2D eigenvalue weighted by Gasteiger charge is -2.27. The van der Waals surface area contributed by atoms with E-state index in [0.717, 1.165) is 28.5 Å². The maximum atomic E-state index is 4.28. The number of rotatable bonds is 7. The van der Waals surface area contributed by atoms with Gasteiger partial charge in [0, 0.05) is 5.92 Å². The third kappa shape index (κ3) is 3.07. The number of hydrogen-bond acceptors (Lipinski definition) is 4. The van der Waals surface area contributed by atoms with Crippen LogP contribution in [-0.2, 0) is 0 Å². The van der Waals surface area contributed by atoms with Crippen molar-refractivity contribution in [2.75, 3.05) is 0 Å². The van der Waals surface area contributed by atoms with E-state index >= 15 is 0 Å². The van der Waals surface area contributed by atoms with Crippen molar-refractivity contribution in [3.05, 3.63) is 47.5 Å². The fourth-order valence-corrected chi connectivity index (χ4v) is 3.91. The summed E-state index contributed by atoms with van der Waals surface area (Å²) in [7, 11) is 0. The van der Waals surface area contributed by atoms with Gasteiger partial charge >= 0.3 is 0 Å². The van der Waals surface area contributed by atoms with Gasteiger partial charge in [0.05, 0.1) is 0 Å². The molecule has 0 aliphatic carbocycles. The second kappa shape index (κ2) is 7.23. The summed E-state index contributed by atoms with van der Waals surface area (Å²) in [6, 6.07) is 12.8. The Morgan fingerprint density at radius 3 is 1.81 bits per heavy atom. The molecule has 0 fully saturated rings. The summed E-state index contributed by atoms with van der Waals surface area (Å²) in [5.41, 5.74) is 6.22. The molecule has 0 amide bonds. The van der Waals surface area contributed by atoms with E-state index in [0.29, 0.717) is 11.8 Å². The molecule has 6 nitrogen and oxygen atoms in total. The Morgan fingerprint density at radius 1 is 0.769 bits per heavy atom. The first-order chi connectivity index (χ1) is 12.8. The van der Waals surface area contributed by atoms with Crippen LogP contribution >= 0.6 is 0 Å². The quantitative estimate of drug-likeness (QED) is 0.512. The van der Waals surface area contributed by atoms with Crippen molar-refractivity contribution in [2.24, 2.45) is 5.92 Å². The Morgan fingerprint density at radius 2 is 1.31 bits per heavy atom. The number of nitrogens with one attached hydrogen (secondary N) is 2. The molecule has 2 aromatic heterocycles. The monoisotopic (exact) mass is 348 g/mol. The van der Waals surface area contributed by atoms with Crippen LogP contribution in [0.2, 0.25) is 0 Å². The van der Waals surface area contributed by atoms with Crippen LogP contribution < -0.4 is 0 Å². The van der Waals surface area contributed by atoms with Crippen LogP contribution in [0.1, 0.15) is 56.6 Å². The van der Waals surface area contributed by atoms with Gasteiger partial charge in [0.2, 0.25) is 0 Å². The van der Waals surface area contributed by atoms with Crippen molar-refractivity contribution >= 4 is 22.1 Å². The molecule has 0 radical (unpaired) electrons. The molecule has 134 valence electrons. The largest absolute Gasteiger partial charge is 0.197 e. The average Bonchev–Trinajstić information content (AvgIpc) is 3.32. The molecular formula is C20H24N6. The molecule has 2 heterocycles. The topological polar surface area (TPSA) is 83.1 Å². The molecule has 0 bridgehead atoms. The predicted molar refractivity (Wildman–Crippen MR) is 103 cm³/mol. The minimum absolute atomic E-state index is 0.314. The molecule has 0 aliphatic heterocycles. The molecule has 0 spiro atoms. The third-order valence-electron chi connectivity index (χ3n) is 5.32. The number of benzene rings is 2. The number of H-pyrrole nitrogens is 2. The maximum Gasteiger partial charge on any atom is 0.113 e. The Balaban J connectivity index is 1.81. The summed E-state index contributed by atoms with van der Waals surface area (Å²) < 4.78 is 0. The van der Waals surface area contributed by atoms with Gasteiger partial charge in [0.1, 0.15) is 22.1 Å². The van der Waals surface area contributed by atoms with Crippen molar-refractivity contribution in [2.45, 2.75) is 45.4 Å². The van der Waals surface area contributed by atoms with Crippen LogP contribution in [0.5, 0.6) is 0 Å². The summed E-state index contributed by atoms with van der Waals surface area (Å²) >= 11 is 0. The minimum atomic E-state index is 0.314. The van der Waals surface area contributed by atoms with Gasteiger partial charge in [0.15, 0.2) is 0 Å². The Bertz CT molecular complexity index is 928. The van der Waals surface area contributed by atoms with Crippen molar-refractivity contribution < 1.29 is 0 Å². The first-order valence-corrected chi connectivity index (χ1v) is 9.41. The molecule has 1 atom stereocenters. The van der Waals surface area contributed by atoms with E-state index in [2.05, 4.69) is 81.1 Å². The zero-order valence-corrected chi connectivity index (χ0v) is 15.2. The SMILES string of the molecule is CCCCC(CC)C(c1ccc2n[nH]nc2c1)c1ccc2n[nH]nc2c1. The summed E-state index contributed by atoms with van der Waals surface area (Å²) in [5.74, 6) is 0.886. The zero-order chi connectivity index (χ0) is 17.9. The molecule has 4 aromatic rings. The molecule has 0 saturated carbocycles. The second-order valence-corrected chi connectivity index (χ2v) is 6.93. The van der Waals surface area contributed by atoms with Crippen LogP contribution in [0.3, 0.4) is 0 Å². The highest BCUT2D eigenvalue weighted by Crippen LogP contribution is 2.38. The first kappa shape index (κ1) is 16.7. The standard InChI is InChI=1S/C20H24N6/c1-3-5-6-13(4-2)20(14-7-9-16-18(11-14)23-25-21-16)15-8-10-17-19(12-15)24-26-22-17/h7-13,20H,3-6H2,1-2H3,(H,21,23,25)(H,22,24,26). The van der Waals surface area contributed by atoms with Crippen LogP contribution in [-0.4, -0.2) is 30.8 Å². The number of unbranched alkanes of at least 4 members (excludes halogenated alkanes) is 1. The van der Waals surface area contributed by atoms with E-state index in [9.17, 15) is 0 Å². The van der Waals surface area contributed by atoms with Crippen LogP contribution in [0.15, 0.2) is 36.4 Å². The molecule has 2 aromatic carbocycles. The van der Waals surface area contributed by atoms with Gasteiger partial charge < -0.3 is 0 Å². The minimum Gasteiger partial charge on any atom is -0.197 e. The number of fused-ring (bicyclic) bond motifs is 2. The highest BCUT2D eigenvalue weighted by Gasteiger charge is 2.24. The highest BCUT2D eigenvalue weighted by atomic mass is 15.3.